The fourth-order valence-electron chi connectivity index (χ4n) is 3.30. The first-order valence-corrected chi connectivity index (χ1v) is 12.1. The molecule has 0 atom stereocenters. The van der Waals surface area contributed by atoms with Crippen molar-refractivity contribution in [3.63, 3.8) is 0 Å². The Morgan fingerprint density at radius 1 is 1.11 bits per heavy atom. The average Bonchev–Trinajstić information content (AvgIpc) is 3.21. The second-order valence-electron chi connectivity index (χ2n) is 7.00. The highest BCUT2D eigenvalue weighted by Gasteiger charge is 2.37. The minimum Gasteiger partial charge on any atom is -0.494 e. The van der Waals surface area contributed by atoms with Crippen molar-refractivity contribution in [3.05, 3.63) is 51.4 Å². The van der Waals surface area contributed by atoms with Gasteiger partial charge in [0.05, 0.1) is 41.1 Å². The lowest BCUT2D eigenvalue weighted by Crippen LogP contribution is -2.16. The normalized spacial score (nSPS) is 15.0. The number of benzene rings is 2. The molecule has 15 heteroatoms. The minimum atomic E-state index is -4.83. The number of nitrogens with zero attached hydrogens (tertiary/aromatic N) is 1. The van der Waals surface area contributed by atoms with Crippen LogP contribution in [0.3, 0.4) is 0 Å². The number of methoxy groups -OCH3 is 2. The molecule has 0 saturated carbocycles. The van der Waals surface area contributed by atoms with E-state index in [4.69, 9.17) is 25.8 Å². The fourth-order valence-corrected chi connectivity index (χ4v) is 5.85. The van der Waals surface area contributed by atoms with E-state index in [1.54, 1.807) is 0 Å². The zero-order chi connectivity index (χ0) is 25.7. The van der Waals surface area contributed by atoms with E-state index in [9.17, 15) is 30.8 Å². The number of aromatic nitrogens is 1. The number of sulfonamides is 1. The predicted molar refractivity (Wildman–Crippen MR) is 117 cm³/mol. The summed E-state index contributed by atoms with van der Waals surface area (Å²) in [6, 6.07) is 3.91. The van der Waals surface area contributed by atoms with Gasteiger partial charge in [0, 0.05) is 0 Å². The SMILES string of the molecule is COc1c(F)cc2cc1NS(=O)(=O)c1cc(cc(Cl)c1OC)C(=O)OCc1nc(C(F)(F)F)sc1-2. The number of fused-ring (bicyclic) bond motifs is 6. The third-order valence-corrected chi connectivity index (χ3v) is 7.62. The number of ether oxygens (including phenoxy) is 3. The Kier molecular flexibility index (Phi) is 6.32. The van der Waals surface area contributed by atoms with Gasteiger partial charge < -0.3 is 14.2 Å². The Morgan fingerprint density at radius 2 is 1.80 bits per heavy atom. The summed E-state index contributed by atoms with van der Waals surface area (Å²) in [4.78, 5) is 15.4. The minimum absolute atomic E-state index is 0.156. The highest BCUT2D eigenvalue weighted by Crippen LogP contribution is 2.43. The Balaban J connectivity index is 2.03. The fraction of sp³-hybridized carbons (Fsp3) is 0.200. The topological polar surface area (TPSA) is 104 Å². The molecule has 3 aromatic rings. The van der Waals surface area contributed by atoms with E-state index >= 15 is 0 Å². The van der Waals surface area contributed by atoms with Gasteiger partial charge in [-0.15, -0.1) is 11.3 Å². The highest BCUT2D eigenvalue weighted by atomic mass is 35.5. The standard InChI is InChI=1S/C20H13ClF4N2O6S2/c1-31-15-10(21)3-9-6-14(15)35(29,30)27-12-5-8(4-11(22)16(12)32-2)17-13(7-33-18(9)28)26-19(34-17)20(23,24)25/h3-6,27H,7H2,1-2H3. The van der Waals surface area contributed by atoms with Crippen LogP contribution in [0.15, 0.2) is 29.2 Å². The molecule has 0 amide bonds. The van der Waals surface area contributed by atoms with Crippen LogP contribution in [0, 0.1) is 5.82 Å². The van der Waals surface area contributed by atoms with Crippen LogP contribution < -0.4 is 14.2 Å². The summed E-state index contributed by atoms with van der Waals surface area (Å²) in [5, 5.41) is -1.53. The first-order chi connectivity index (χ1) is 16.4. The van der Waals surface area contributed by atoms with E-state index in [0.29, 0.717) is 0 Å². The van der Waals surface area contributed by atoms with Gasteiger partial charge in [-0.1, -0.05) is 11.6 Å². The van der Waals surface area contributed by atoms with Crippen molar-refractivity contribution in [1.82, 2.24) is 4.98 Å². The van der Waals surface area contributed by atoms with E-state index in [0.717, 1.165) is 38.5 Å². The number of esters is 1. The van der Waals surface area contributed by atoms with Crippen LogP contribution in [0.4, 0.5) is 23.2 Å². The number of cyclic esters (lactones) is 1. The first-order valence-electron chi connectivity index (χ1n) is 9.38. The molecule has 4 bridgehead atoms. The number of thiazole rings is 1. The van der Waals surface area contributed by atoms with E-state index in [2.05, 4.69) is 9.71 Å². The number of nitrogens with one attached hydrogen (secondary N) is 1. The molecule has 1 aliphatic heterocycles. The quantitative estimate of drug-likeness (QED) is 0.348. The number of hydrogen-bond acceptors (Lipinski definition) is 8. The van der Waals surface area contributed by atoms with Crippen LogP contribution in [-0.2, 0) is 27.5 Å². The second kappa shape index (κ2) is 8.84. The van der Waals surface area contributed by atoms with Crippen molar-refractivity contribution < 1.29 is 45.0 Å². The average molecular weight is 553 g/mol. The largest absolute Gasteiger partial charge is 0.494 e. The molecule has 0 aliphatic carbocycles. The molecule has 0 radical (unpaired) electrons. The van der Waals surface area contributed by atoms with Gasteiger partial charge in [-0.05, 0) is 29.8 Å². The van der Waals surface area contributed by atoms with Gasteiger partial charge in [-0.25, -0.2) is 22.6 Å². The second-order valence-corrected chi connectivity index (χ2v) is 10.1. The summed E-state index contributed by atoms with van der Waals surface area (Å²) in [7, 11) is -2.37. The smallest absolute Gasteiger partial charge is 0.443 e. The monoisotopic (exact) mass is 552 g/mol. The van der Waals surface area contributed by atoms with Crippen molar-refractivity contribution in [1.29, 1.82) is 0 Å². The number of carbonyl (C=O) groups is 1. The van der Waals surface area contributed by atoms with Gasteiger partial charge in [0.2, 0.25) is 0 Å². The Hall–Kier alpha value is -3.10. The lowest BCUT2D eigenvalue weighted by atomic mass is 10.1. The summed E-state index contributed by atoms with van der Waals surface area (Å²) in [6.07, 6.45) is -4.83. The number of halogens is 5. The molecule has 0 unspecified atom stereocenters. The molecule has 0 spiro atoms. The van der Waals surface area contributed by atoms with Crippen molar-refractivity contribution in [3.8, 4) is 21.9 Å². The third-order valence-electron chi connectivity index (χ3n) is 4.77. The molecule has 1 N–H and O–H groups in total. The summed E-state index contributed by atoms with van der Waals surface area (Å²) in [5.41, 5.74) is -1.22. The zero-order valence-corrected chi connectivity index (χ0v) is 20.0. The maximum atomic E-state index is 14.9. The highest BCUT2D eigenvalue weighted by molar-refractivity contribution is 7.92. The van der Waals surface area contributed by atoms with Crippen molar-refractivity contribution >= 4 is 44.6 Å². The molecule has 0 saturated heterocycles. The van der Waals surface area contributed by atoms with Gasteiger partial charge in [0.1, 0.15) is 11.5 Å². The summed E-state index contributed by atoms with van der Waals surface area (Å²) in [5.74, 6) is -2.99. The van der Waals surface area contributed by atoms with E-state index < -0.39 is 55.9 Å². The number of hydrogen-bond donors (Lipinski definition) is 1. The molecular weight excluding hydrogens is 540 g/mol. The van der Waals surface area contributed by atoms with Gasteiger partial charge in [-0.3, -0.25) is 4.72 Å². The molecule has 1 aliphatic rings. The van der Waals surface area contributed by atoms with Crippen LogP contribution in [0.2, 0.25) is 5.02 Å². The van der Waals surface area contributed by atoms with Crippen molar-refractivity contribution in [2.45, 2.75) is 17.7 Å². The first kappa shape index (κ1) is 25.0. The molecule has 1 aromatic heterocycles. The van der Waals surface area contributed by atoms with E-state index in [-0.39, 0.29) is 43.8 Å². The summed E-state index contributed by atoms with van der Waals surface area (Å²) >= 11 is 6.28. The number of alkyl halides is 3. The van der Waals surface area contributed by atoms with E-state index in [1.807, 2.05) is 0 Å². The Morgan fingerprint density at radius 3 is 2.43 bits per heavy atom. The molecule has 8 nitrogen and oxygen atoms in total. The molecule has 35 heavy (non-hydrogen) atoms. The van der Waals surface area contributed by atoms with Crippen molar-refractivity contribution in [2.24, 2.45) is 0 Å². The lowest BCUT2D eigenvalue weighted by molar-refractivity contribution is -0.137. The maximum absolute atomic E-state index is 14.9. The van der Waals surface area contributed by atoms with Crippen LogP contribution in [0.5, 0.6) is 11.5 Å². The van der Waals surface area contributed by atoms with Gasteiger partial charge in [0.15, 0.2) is 22.3 Å². The molecule has 2 heterocycles. The maximum Gasteiger partial charge on any atom is 0.443 e. The number of rotatable bonds is 2. The summed E-state index contributed by atoms with van der Waals surface area (Å²) in [6.45, 7) is -0.719. The van der Waals surface area contributed by atoms with Crippen LogP contribution in [0.1, 0.15) is 21.1 Å². The van der Waals surface area contributed by atoms with Crippen LogP contribution in [-0.4, -0.2) is 33.6 Å². The Labute approximate surface area is 204 Å². The lowest BCUT2D eigenvalue weighted by Gasteiger charge is -2.16. The molecule has 0 fully saturated rings. The van der Waals surface area contributed by atoms with Crippen LogP contribution in [0.25, 0.3) is 10.4 Å². The molecule has 4 rings (SSSR count). The van der Waals surface area contributed by atoms with Gasteiger partial charge in [-0.2, -0.15) is 13.2 Å². The number of carbonyl (C=O) groups excluding carboxylic acids is 1. The predicted octanol–water partition coefficient (Wildman–Crippen LogP) is 5.11. The van der Waals surface area contributed by atoms with E-state index in [1.165, 1.54) is 0 Å². The van der Waals surface area contributed by atoms with Gasteiger partial charge in [0.25, 0.3) is 10.0 Å². The van der Waals surface area contributed by atoms with Crippen molar-refractivity contribution in [2.75, 3.05) is 18.9 Å². The summed E-state index contributed by atoms with van der Waals surface area (Å²) < 4.78 is 98.7. The number of anilines is 1. The third kappa shape index (κ3) is 4.60. The van der Waals surface area contributed by atoms with Gasteiger partial charge >= 0.3 is 12.1 Å². The van der Waals surface area contributed by atoms with Crippen LogP contribution >= 0.6 is 22.9 Å². The molecule has 186 valence electrons. The zero-order valence-electron chi connectivity index (χ0n) is 17.6. The Bertz CT molecular complexity index is 1460. The molecule has 2 aromatic carbocycles. The molecular formula is C20H13ClF4N2O6S2.